The molecule has 1 saturated carbocycles. The molecule has 4 nitrogen and oxygen atoms in total. The van der Waals surface area contributed by atoms with Crippen molar-refractivity contribution < 1.29 is 14.3 Å². The molecule has 0 radical (unpaired) electrons. The number of nitrogens with two attached hydrogens (primary N) is 1. The minimum absolute atomic E-state index is 0.130. The Morgan fingerprint density at radius 2 is 1.90 bits per heavy atom. The molecule has 0 unspecified atom stereocenters. The smallest absolute Gasteiger partial charge is 0.316 e. The summed E-state index contributed by atoms with van der Waals surface area (Å²) in [5, 5.41) is 0. The number of rotatable bonds is 6. The fourth-order valence-electron chi connectivity index (χ4n) is 2.17. The van der Waals surface area contributed by atoms with Crippen LogP contribution in [0.1, 0.15) is 38.7 Å². The lowest BCUT2D eigenvalue weighted by atomic mass is 9.96. The standard InChI is InChI=1S/C16H23NO3/c1-15(2,19-3)10-11-20-14(18)16(8-9-16)12-4-6-13(17)7-5-12/h4-7H,8-11,17H2,1-3H3. The van der Waals surface area contributed by atoms with Gasteiger partial charge in [0.05, 0.1) is 17.6 Å². The van der Waals surface area contributed by atoms with Gasteiger partial charge >= 0.3 is 5.97 Å². The molecule has 0 saturated heterocycles. The van der Waals surface area contributed by atoms with Crippen LogP contribution in [0.2, 0.25) is 0 Å². The number of hydrogen-bond acceptors (Lipinski definition) is 4. The monoisotopic (exact) mass is 277 g/mol. The van der Waals surface area contributed by atoms with E-state index < -0.39 is 5.41 Å². The average molecular weight is 277 g/mol. The van der Waals surface area contributed by atoms with Crippen molar-refractivity contribution in [1.82, 2.24) is 0 Å². The van der Waals surface area contributed by atoms with Crippen LogP contribution >= 0.6 is 0 Å². The maximum Gasteiger partial charge on any atom is 0.316 e. The minimum Gasteiger partial charge on any atom is -0.465 e. The van der Waals surface area contributed by atoms with Crippen LogP contribution in [0.4, 0.5) is 5.69 Å². The second kappa shape index (κ2) is 5.44. The molecule has 0 amide bonds. The Morgan fingerprint density at radius 1 is 1.30 bits per heavy atom. The van der Waals surface area contributed by atoms with E-state index in [4.69, 9.17) is 15.2 Å². The van der Waals surface area contributed by atoms with Crippen LogP contribution in [0.25, 0.3) is 0 Å². The van der Waals surface area contributed by atoms with Gasteiger partial charge in [0.2, 0.25) is 0 Å². The summed E-state index contributed by atoms with van der Waals surface area (Å²) < 4.78 is 10.8. The van der Waals surface area contributed by atoms with Crippen LogP contribution in [0, 0.1) is 0 Å². The molecule has 0 aliphatic heterocycles. The van der Waals surface area contributed by atoms with Gasteiger partial charge in [0.1, 0.15) is 0 Å². The minimum atomic E-state index is -0.440. The highest BCUT2D eigenvalue weighted by molar-refractivity contribution is 5.86. The SMILES string of the molecule is COC(C)(C)CCOC(=O)C1(c2ccc(N)cc2)CC1. The number of anilines is 1. The van der Waals surface area contributed by atoms with Crippen LogP contribution in [-0.2, 0) is 19.7 Å². The van der Waals surface area contributed by atoms with E-state index in [9.17, 15) is 4.79 Å². The molecule has 0 spiro atoms. The molecule has 20 heavy (non-hydrogen) atoms. The molecular formula is C16H23NO3. The second-order valence-electron chi connectivity index (χ2n) is 6.05. The largest absolute Gasteiger partial charge is 0.465 e. The summed E-state index contributed by atoms with van der Waals surface area (Å²) >= 11 is 0. The Kier molecular flexibility index (Phi) is 4.04. The van der Waals surface area contributed by atoms with E-state index in [2.05, 4.69) is 0 Å². The number of methoxy groups -OCH3 is 1. The Hall–Kier alpha value is -1.55. The molecule has 1 aromatic carbocycles. The van der Waals surface area contributed by atoms with E-state index in [1.54, 1.807) is 7.11 Å². The third-order valence-corrected chi connectivity index (χ3v) is 4.09. The fraction of sp³-hybridized carbons (Fsp3) is 0.562. The van der Waals surface area contributed by atoms with E-state index in [0.717, 1.165) is 18.4 Å². The summed E-state index contributed by atoms with van der Waals surface area (Å²) in [5.41, 5.74) is 6.69. The van der Waals surface area contributed by atoms with Gasteiger partial charge in [-0.25, -0.2) is 0 Å². The van der Waals surface area contributed by atoms with Crippen molar-refractivity contribution in [1.29, 1.82) is 0 Å². The van der Waals surface area contributed by atoms with Gasteiger partial charge in [-0.05, 0) is 44.4 Å². The van der Waals surface area contributed by atoms with E-state index in [1.165, 1.54) is 0 Å². The molecule has 2 rings (SSSR count). The van der Waals surface area contributed by atoms with Crippen molar-refractivity contribution in [3.05, 3.63) is 29.8 Å². The third kappa shape index (κ3) is 3.12. The zero-order chi connectivity index (χ0) is 14.8. The molecule has 0 aromatic heterocycles. The maximum absolute atomic E-state index is 12.3. The van der Waals surface area contributed by atoms with Crippen molar-refractivity contribution in [2.45, 2.75) is 44.1 Å². The summed E-state index contributed by atoms with van der Waals surface area (Å²) in [6, 6.07) is 7.50. The first-order valence-corrected chi connectivity index (χ1v) is 6.98. The summed E-state index contributed by atoms with van der Waals surface area (Å²) in [4.78, 5) is 12.3. The van der Waals surface area contributed by atoms with Gasteiger partial charge in [-0.2, -0.15) is 0 Å². The van der Waals surface area contributed by atoms with Crippen LogP contribution < -0.4 is 5.73 Å². The first-order valence-electron chi connectivity index (χ1n) is 6.98. The summed E-state index contributed by atoms with van der Waals surface area (Å²) in [7, 11) is 1.67. The molecule has 2 N–H and O–H groups in total. The number of ether oxygens (including phenoxy) is 2. The van der Waals surface area contributed by atoms with Gasteiger partial charge in [-0.15, -0.1) is 0 Å². The number of benzene rings is 1. The van der Waals surface area contributed by atoms with Crippen LogP contribution in [0.5, 0.6) is 0 Å². The first-order chi connectivity index (χ1) is 9.39. The van der Waals surface area contributed by atoms with Gasteiger partial charge < -0.3 is 15.2 Å². The number of nitrogen functional groups attached to an aromatic ring is 1. The zero-order valence-corrected chi connectivity index (χ0v) is 12.4. The van der Waals surface area contributed by atoms with E-state index >= 15 is 0 Å². The molecule has 0 heterocycles. The molecule has 110 valence electrons. The highest BCUT2D eigenvalue weighted by atomic mass is 16.5. The van der Waals surface area contributed by atoms with E-state index in [-0.39, 0.29) is 11.6 Å². The van der Waals surface area contributed by atoms with Gasteiger partial charge in [-0.3, -0.25) is 4.79 Å². The summed E-state index contributed by atoms with van der Waals surface area (Å²) in [6.45, 7) is 4.35. The summed E-state index contributed by atoms with van der Waals surface area (Å²) in [5.74, 6) is -0.130. The van der Waals surface area contributed by atoms with E-state index in [1.807, 2.05) is 38.1 Å². The Labute approximate surface area is 120 Å². The van der Waals surface area contributed by atoms with Crippen LogP contribution in [0.15, 0.2) is 24.3 Å². The molecule has 1 aliphatic carbocycles. The van der Waals surface area contributed by atoms with Crippen LogP contribution in [-0.4, -0.2) is 25.3 Å². The number of carbonyl (C=O) groups is 1. The zero-order valence-electron chi connectivity index (χ0n) is 12.4. The maximum atomic E-state index is 12.3. The van der Waals surface area contributed by atoms with Gasteiger partial charge in [0, 0.05) is 19.2 Å². The second-order valence-corrected chi connectivity index (χ2v) is 6.05. The summed E-state index contributed by atoms with van der Waals surface area (Å²) in [6.07, 6.45) is 2.39. The number of carbonyl (C=O) groups excluding carboxylic acids is 1. The lowest BCUT2D eigenvalue weighted by Gasteiger charge is -2.23. The van der Waals surface area contributed by atoms with Gasteiger partial charge in [0.15, 0.2) is 0 Å². The number of hydrogen-bond donors (Lipinski definition) is 1. The highest BCUT2D eigenvalue weighted by Crippen LogP contribution is 2.49. The molecule has 1 aromatic rings. The highest BCUT2D eigenvalue weighted by Gasteiger charge is 2.52. The van der Waals surface area contributed by atoms with Crippen molar-refractivity contribution >= 4 is 11.7 Å². The van der Waals surface area contributed by atoms with Crippen molar-refractivity contribution in [3.63, 3.8) is 0 Å². The Bertz CT molecular complexity index is 475. The molecule has 1 aliphatic rings. The predicted octanol–water partition coefficient (Wildman–Crippen LogP) is 2.66. The third-order valence-electron chi connectivity index (χ3n) is 4.09. The predicted molar refractivity (Wildman–Crippen MR) is 78.4 cm³/mol. The fourth-order valence-corrected chi connectivity index (χ4v) is 2.17. The van der Waals surface area contributed by atoms with E-state index in [0.29, 0.717) is 18.7 Å². The molecule has 4 heteroatoms. The van der Waals surface area contributed by atoms with Gasteiger partial charge in [0.25, 0.3) is 0 Å². The molecular weight excluding hydrogens is 254 g/mol. The molecule has 1 fully saturated rings. The van der Waals surface area contributed by atoms with Crippen molar-refractivity contribution in [3.8, 4) is 0 Å². The molecule has 0 bridgehead atoms. The van der Waals surface area contributed by atoms with Gasteiger partial charge in [-0.1, -0.05) is 12.1 Å². The van der Waals surface area contributed by atoms with Crippen LogP contribution in [0.3, 0.4) is 0 Å². The van der Waals surface area contributed by atoms with Crippen molar-refractivity contribution in [2.75, 3.05) is 19.5 Å². The average Bonchev–Trinajstić information content (AvgIpc) is 3.21. The Balaban J connectivity index is 1.94. The quantitative estimate of drug-likeness (QED) is 0.641. The normalized spacial score (nSPS) is 16.8. The topological polar surface area (TPSA) is 61.5 Å². The van der Waals surface area contributed by atoms with Crippen molar-refractivity contribution in [2.24, 2.45) is 0 Å². The number of esters is 1. The molecule has 0 atom stereocenters. The lowest BCUT2D eigenvalue weighted by molar-refractivity contribution is -0.148. The first kappa shape index (κ1) is 14.9. The lowest BCUT2D eigenvalue weighted by Crippen LogP contribution is -2.28. The Morgan fingerprint density at radius 3 is 2.40 bits per heavy atom.